The highest BCUT2D eigenvalue weighted by Gasteiger charge is 2.33. The fourth-order valence-corrected chi connectivity index (χ4v) is 4.49. The summed E-state index contributed by atoms with van der Waals surface area (Å²) in [5.74, 6) is 3.14. The Bertz CT molecular complexity index is 960. The lowest BCUT2D eigenvalue weighted by molar-refractivity contribution is -0.138. The standard InChI is InChI=1S/C25H33N3O4/c1-17(2)7-8-23-26-21-16-28(14-11-22(21)32-23)24(29)18-9-12-27(13-10-18)25(30)19-5-4-6-20(15-19)31-3/h4-6,15,17-18H,7-14,16H2,1-3H3. The maximum Gasteiger partial charge on any atom is 0.253 e. The van der Waals surface area contributed by atoms with Gasteiger partial charge in [0.25, 0.3) is 5.91 Å². The van der Waals surface area contributed by atoms with Gasteiger partial charge in [0.05, 0.1) is 13.7 Å². The molecule has 1 fully saturated rings. The highest BCUT2D eigenvalue weighted by atomic mass is 16.5. The first-order valence-corrected chi connectivity index (χ1v) is 11.6. The molecule has 2 aliphatic heterocycles. The predicted molar refractivity (Wildman–Crippen MR) is 120 cm³/mol. The van der Waals surface area contributed by atoms with Crippen molar-refractivity contribution >= 4 is 11.8 Å². The van der Waals surface area contributed by atoms with E-state index in [-0.39, 0.29) is 17.7 Å². The zero-order valence-corrected chi connectivity index (χ0v) is 19.3. The number of nitrogens with zero attached hydrogens (tertiary/aromatic N) is 3. The molecule has 1 aromatic carbocycles. The zero-order chi connectivity index (χ0) is 22.7. The molecule has 7 heteroatoms. The number of aryl methyl sites for hydroxylation is 1. The van der Waals surface area contributed by atoms with E-state index < -0.39 is 0 Å². The number of rotatable bonds is 6. The van der Waals surface area contributed by atoms with Gasteiger partial charge in [0.2, 0.25) is 5.91 Å². The molecule has 0 unspecified atom stereocenters. The Morgan fingerprint density at radius 3 is 2.69 bits per heavy atom. The topological polar surface area (TPSA) is 75.9 Å². The number of fused-ring (bicyclic) bond motifs is 1. The van der Waals surface area contributed by atoms with E-state index in [4.69, 9.17) is 9.15 Å². The summed E-state index contributed by atoms with van der Waals surface area (Å²) in [6, 6.07) is 7.22. The minimum absolute atomic E-state index is 0.00561. The van der Waals surface area contributed by atoms with E-state index in [1.54, 1.807) is 19.2 Å². The second-order valence-electron chi connectivity index (χ2n) is 9.22. The SMILES string of the molecule is COc1cccc(C(=O)N2CCC(C(=O)N3CCc4oc(CCC(C)C)nc4C3)CC2)c1. The molecule has 172 valence electrons. The molecule has 32 heavy (non-hydrogen) atoms. The highest BCUT2D eigenvalue weighted by molar-refractivity contribution is 5.94. The van der Waals surface area contributed by atoms with Crippen molar-refractivity contribution in [2.24, 2.45) is 11.8 Å². The summed E-state index contributed by atoms with van der Waals surface area (Å²) in [7, 11) is 1.59. The van der Waals surface area contributed by atoms with Crippen LogP contribution in [-0.4, -0.2) is 53.3 Å². The normalized spacial score (nSPS) is 16.9. The summed E-state index contributed by atoms with van der Waals surface area (Å²) in [4.78, 5) is 34.4. The van der Waals surface area contributed by atoms with E-state index >= 15 is 0 Å². The molecule has 0 radical (unpaired) electrons. The van der Waals surface area contributed by atoms with Crippen molar-refractivity contribution in [2.45, 2.75) is 52.5 Å². The molecule has 1 aromatic heterocycles. The summed E-state index contributed by atoms with van der Waals surface area (Å²) in [5, 5.41) is 0. The van der Waals surface area contributed by atoms with Gasteiger partial charge < -0.3 is 19.0 Å². The minimum Gasteiger partial charge on any atom is -0.497 e. The maximum absolute atomic E-state index is 13.2. The van der Waals surface area contributed by atoms with Gasteiger partial charge in [-0.05, 0) is 43.4 Å². The molecule has 3 heterocycles. The molecule has 2 aromatic rings. The number of oxazole rings is 1. The van der Waals surface area contributed by atoms with Gasteiger partial charge in [0.15, 0.2) is 5.89 Å². The van der Waals surface area contributed by atoms with Crippen LogP contribution in [0, 0.1) is 11.8 Å². The summed E-state index contributed by atoms with van der Waals surface area (Å²) in [5.41, 5.74) is 1.53. The first-order valence-electron chi connectivity index (χ1n) is 11.6. The predicted octanol–water partition coefficient (Wildman–Crippen LogP) is 3.71. The Morgan fingerprint density at radius 1 is 1.19 bits per heavy atom. The lowest BCUT2D eigenvalue weighted by atomic mass is 9.94. The number of ether oxygens (including phenoxy) is 1. The molecule has 2 aliphatic rings. The van der Waals surface area contributed by atoms with E-state index in [0.717, 1.165) is 36.6 Å². The van der Waals surface area contributed by atoms with Gasteiger partial charge >= 0.3 is 0 Å². The molecule has 2 amide bonds. The van der Waals surface area contributed by atoms with Crippen LogP contribution in [0.3, 0.4) is 0 Å². The minimum atomic E-state index is -0.0433. The smallest absolute Gasteiger partial charge is 0.253 e. The Labute approximate surface area is 189 Å². The van der Waals surface area contributed by atoms with Gasteiger partial charge in [0.1, 0.15) is 17.2 Å². The van der Waals surface area contributed by atoms with E-state index in [2.05, 4.69) is 18.8 Å². The summed E-state index contributed by atoms with van der Waals surface area (Å²) < 4.78 is 11.2. The van der Waals surface area contributed by atoms with Gasteiger partial charge in [0, 0.05) is 44.0 Å². The number of aromatic nitrogens is 1. The quantitative estimate of drug-likeness (QED) is 0.686. The number of hydrogen-bond acceptors (Lipinski definition) is 5. The van der Waals surface area contributed by atoms with Crippen LogP contribution in [0.25, 0.3) is 0 Å². The van der Waals surface area contributed by atoms with Crippen LogP contribution >= 0.6 is 0 Å². The fraction of sp³-hybridized carbons (Fsp3) is 0.560. The van der Waals surface area contributed by atoms with Crippen molar-refractivity contribution in [3.63, 3.8) is 0 Å². The van der Waals surface area contributed by atoms with Gasteiger partial charge in [-0.25, -0.2) is 4.98 Å². The largest absolute Gasteiger partial charge is 0.497 e. The molecule has 0 bridgehead atoms. The number of piperidine rings is 1. The van der Waals surface area contributed by atoms with E-state index in [1.165, 1.54) is 0 Å². The van der Waals surface area contributed by atoms with Crippen molar-refractivity contribution < 1.29 is 18.7 Å². The fourth-order valence-electron chi connectivity index (χ4n) is 4.49. The number of benzene rings is 1. The molecule has 0 N–H and O–H groups in total. The summed E-state index contributed by atoms with van der Waals surface area (Å²) >= 11 is 0. The van der Waals surface area contributed by atoms with E-state index in [9.17, 15) is 9.59 Å². The second kappa shape index (κ2) is 9.76. The Morgan fingerprint density at radius 2 is 1.97 bits per heavy atom. The number of methoxy groups -OCH3 is 1. The monoisotopic (exact) mass is 439 g/mol. The summed E-state index contributed by atoms with van der Waals surface area (Å²) in [6.07, 6.45) is 4.00. The molecular weight excluding hydrogens is 406 g/mol. The van der Waals surface area contributed by atoms with Crippen molar-refractivity contribution in [2.75, 3.05) is 26.7 Å². The Kier molecular flexibility index (Phi) is 6.82. The Balaban J connectivity index is 1.31. The third-order valence-electron chi connectivity index (χ3n) is 6.47. The maximum atomic E-state index is 13.2. The van der Waals surface area contributed by atoms with E-state index in [0.29, 0.717) is 56.3 Å². The third kappa shape index (κ3) is 4.97. The van der Waals surface area contributed by atoms with Gasteiger partial charge in [-0.3, -0.25) is 9.59 Å². The van der Waals surface area contributed by atoms with Crippen molar-refractivity contribution in [1.82, 2.24) is 14.8 Å². The lowest BCUT2D eigenvalue weighted by Gasteiger charge is -2.35. The molecule has 0 atom stereocenters. The molecule has 0 spiro atoms. The number of hydrogen-bond donors (Lipinski definition) is 0. The molecule has 7 nitrogen and oxygen atoms in total. The second-order valence-corrected chi connectivity index (χ2v) is 9.22. The number of amides is 2. The van der Waals surface area contributed by atoms with Gasteiger partial charge in [-0.15, -0.1) is 0 Å². The molecule has 4 rings (SSSR count). The van der Waals surface area contributed by atoms with Crippen LogP contribution in [0.1, 0.15) is 60.8 Å². The van der Waals surface area contributed by atoms with Crippen LogP contribution in [0.5, 0.6) is 5.75 Å². The average Bonchev–Trinajstić information content (AvgIpc) is 3.24. The van der Waals surface area contributed by atoms with Gasteiger partial charge in [-0.2, -0.15) is 0 Å². The number of likely N-dealkylation sites (tertiary alicyclic amines) is 1. The molecule has 0 aliphatic carbocycles. The van der Waals surface area contributed by atoms with Gasteiger partial charge in [-0.1, -0.05) is 19.9 Å². The van der Waals surface area contributed by atoms with E-state index in [1.807, 2.05) is 21.9 Å². The highest BCUT2D eigenvalue weighted by Crippen LogP contribution is 2.26. The molecular formula is C25H33N3O4. The van der Waals surface area contributed by atoms with Crippen molar-refractivity contribution in [3.05, 3.63) is 47.2 Å². The van der Waals surface area contributed by atoms with Crippen LogP contribution in [0.4, 0.5) is 0 Å². The van der Waals surface area contributed by atoms with Crippen molar-refractivity contribution in [1.29, 1.82) is 0 Å². The van der Waals surface area contributed by atoms with Crippen LogP contribution in [-0.2, 0) is 24.2 Å². The lowest BCUT2D eigenvalue weighted by Crippen LogP contribution is -2.45. The summed E-state index contributed by atoms with van der Waals surface area (Å²) in [6.45, 7) is 6.78. The first-order chi connectivity index (χ1) is 15.4. The number of carbonyl (C=O) groups is 2. The van der Waals surface area contributed by atoms with Crippen LogP contribution in [0.2, 0.25) is 0 Å². The Hall–Kier alpha value is -2.83. The van der Waals surface area contributed by atoms with Crippen molar-refractivity contribution in [3.8, 4) is 5.75 Å². The van der Waals surface area contributed by atoms with Crippen LogP contribution in [0.15, 0.2) is 28.7 Å². The third-order valence-corrected chi connectivity index (χ3v) is 6.47. The zero-order valence-electron chi connectivity index (χ0n) is 19.3. The number of carbonyl (C=O) groups excluding carboxylic acids is 2. The molecule has 0 saturated carbocycles. The molecule has 1 saturated heterocycles. The average molecular weight is 440 g/mol. The first kappa shape index (κ1) is 22.4. The van der Waals surface area contributed by atoms with Crippen LogP contribution < -0.4 is 4.74 Å².